The second-order valence-electron chi connectivity index (χ2n) is 4.62. The Hall–Kier alpha value is -2.94. The van der Waals surface area contributed by atoms with Crippen molar-refractivity contribution in [2.24, 2.45) is 8.73 Å². The SMILES string of the molecule is Cc1c(N=S=Nc2cccc([N+](=O)[O-])c2C)cccc1[N+](=O)[O-]. The van der Waals surface area contributed by atoms with Crippen LogP contribution in [0.25, 0.3) is 0 Å². The van der Waals surface area contributed by atoms with E-state index in [1.807, 2.05) is 0 Å². The van der Waals surface area contributed by atoms with Crippen molar-refractivity contribution in [1.29, 1.82) is 0 Å². The zero-order valence-electron chi connectivity index (χ0n) is 12.3. The molecule has 0 spiro atoms. The fraction of sp³-hybridized carbons (Fsp3) is 0.143. The summed E-state index contributed by atoms with van der Waals surface area (Å²) in [5.74, 6) is 0. The van der Waals surface area contributed by atoms with Gasteiger partial charge in [0, 0.05) is 12.1 Å². The molecule has 0 radical (unpaired) electrons. The lowest BCUT2D eigenvalue weighted by atomic mass is 10.2. The highest BCUT2D eigenvalue weighted by Crippen LogP contribution is 2.29. The van der Waals surface area contributed by atoms with E-state index < -0.39 is 9.85 Å². The van der Waals surface area contributed by atoms with Crippen molar-refractivity contribution < 1.29 is 9.85 Å². The first kappa shape index (κ1) is 16.4. The molecule has 0 saturated heterocycles. The first-order valence-electron chi connectivity index (χ1n) is 6.48. The molecule has 0 aliphatic rings. The van der Waals surface area contributed by atoms with Crippen LogP contribution in [0, 0.1) is 34.1 Å². The third-order valence-electron chi connectivity index (χ3n) is 3.22. The van der Waals surface area contributed by atoms with Gasteiger partial charge in [-0.3, -0.25) is 20.2 Å². The van der Waals surface area contributed by atoms with E-state index in [0.717, 1.165) is 11.4 Å². The molecule has 0 aliphatic carbocycles. The van der Waals surface area contributed by atoms with E-state index in [2.05, 4.69) is 8.73 Å². The summed E-state index contributed by atoms with van der Waals surface area (Å²) < 4.78 is 8.27. The number of nitro benzene ring substituents is 2. The maximum atomic E-state index is 10.9. The molecule has 2 aromatic rings. The van der Waals surface area contributed by atoms with Gasteiger partial charge < -0.3 is 0 Å². The second kappa shape index (κ2) is 6.88. The maximum absolute atomic E-state index is 10.9. The standard InChI is InChI=1S/C14H12N4O4S/c1-9-11(5-3-7-13(9)17(19)20)15-23-16-12-6-4-8-14(10(12)2)18(21)22/h3-8H,1-2H3. The molecule has 2 rings (SSSR count). The van der Waals surface area contributed by atoms with Crippen LogP contribution in [0.3, 0.4) is 0 Å². The quantitative estimate of drug-likeness (QED) is 0.604. The van der Waals surface area contributed by atoms with Gasteiger partial charge in [-0.1, -0.05) is 12.1 Å². The highest BCUT2D eigenvalue weighted by molar-refractivity contribution is 7.57. The highest BCUT2D eigenvalue weighted by atomic mass is 32.1. The minimum absolute atomic E-state index is 0.0154. The van der Waals surface area contributed by atoms with Crippen LogP contribution in [0.15, 0.2) is 45.1 Å². The molecule has 2 aromatic carbocycles. The predicted octanol–water partition coefficient (Wildman–Crippen LogP) is 4.53. The molecule has 118 valence electrons. The molecular formula is C14H12N4O4S. The molecule has 9 heteroatoms. The van der Waals surface area contributed by atoms with Gasteiger partial charge in [0.2, 0.25) is 0 Å². The smallest absolute Gasteiger partial charge is 0.258 e. The average molecular weight is 332 g/mol. The van der Waals surface area contributed by atoms with Gasteiger partial charge in [0.15, 0.2) is 0 Å². The summed E-state index contributed by atoms with van der Waals surface area (Å²) in [5.41, 5.74) is 1.73. The zero-order valence-corrected chi connectivity index (χ0v) is 13.1. The number of nitro groups is 2. The zero-order chi connectivity index (χ0) is 17.0. The molecule has 0 saturated carbocycles. The lowest BCUT2D eigenvalue weighted by Gasteiger charge is -1.99. The summed E-state index contributed by atoms with van der Waals surface area (Å²) in [6.45, 7) is 3.21. The van der Waals surface area contributed by atoms with Crippen molar-refractivity contribution in [3.8, 4) is 0 Å². The van der Waals surface area contributed by atoms with Gasteiger partial charge in [-0.15, -0.1) is 0 Å². The summed E-state index contributed by atoms with van der Waals surface area (Å²) >= 11 is 0.833. The Morgan fingerprint density at radius 3 is 1.57 bits per heavy atom. The van der Waals surface area contributed by atoms with Crippen LogP contribution in [-0.4, -0.2) is 9.85 Å². The largest absolute Gasteiger partial charge is 0.274 e. The number of hydrogen-bond donors (Lipinski definition) is 0. The van der Waals surface area contributed by atoms with Gasteiger partial charge in [-0.25, -0.2) is 0 Å². The molecule has 0 N–H and O–H groups in total. The van der Waals surface area contributed by atoms with Crippen molar-refractivity contribution in [2.75, 3.05) is 0 Å². The summed E-state index contributed by atoms with van der Waals surface area (Å²) in [6.07, 6.45) is 0. The average Bonchev–Trinajstić information content (AvgIpc) is 2.50. The molecule has 0 fully saturated rings. The molecule has 0 unspecified atom stereocenters. The Labute approximate surface area is 135 Å². The van der Waals surface area contributed by atoms with E-state index >= 15 is 0 Å². The fourth-order valence-corrected chi connectivity index (χ4v) is 2.54. The van der Waals surface area contributed by atoms with Crippen LogP contribution < -0.4 is 0 Å². The predicted molar refractivity (Wildman–Crippen MR) is 87.2 cm³/mol. The lowest BCUT2D eigenvalue weighted by Crippen LogP contribution is -1.91. The Morgan fingerprint density at radius 2 is 1.22 bits per heavy atom. The van der Waals surface area contributed by atoms with Gasteiger partial charge in [0.05, 0.1) is 43.7 Å². The van der Waals surface area contributed by atoms with Crippen molar-refractivity contribution in [3.63, 3.8) is 0 Å². The van der Waals surface area contributed by atoms with E-state index in [4.69, 9.17) is 0 Å². The minimum atomic E-state index is -0.471. The Bertz CT molecular complexity index is 792. The summed E-state index contributed by atoms with van der Waals surface area (Å²) in [4.78, 5) is 20.8. The van der Waals surface area contributed by atoms with Crippen LogP contribution in [-0.2, 0) is 11.4 Å². The number of nitrogens with zero attached hydrogens (tertiary/aromatic N) is 4. The third-order valence-corrected chi connectivity index (χ3v) is 3.78. The monoisotopic (exact) mass is 332 g/mol. The van der Waals surface area contributed by atoms with E-state index in [-0.39, 0.29) is 11.4 Å². The van der Waals surface area contributed by atoms with Crippen molar-refractivity contribution in [1.82, 2.24) is 0 Å². The van der Waals surface area contributed by atoms with Gasteiger partial charge in [0.25, 0.3) is 11.4 Å². The Morgan fingerprint density at radius 1 is 0.826 bits per heavy atom. The van der Waals surface area contributed by atoms with Gasteiger partial charge in [-0.2, -0.15) is 8.73 Å². The Balaban J connectivity index is 2.40. The summed E-state index contributed by atoms with van der Waals surface area (Å²) in [5, 5.41) is 21.8. The molecule has 0 aromatic heterocycles. The molecule has 23 heavy (non-hydrogen) atoms. The van der Waals surface area contributed by atoms with E-state index in [1.165, 1.54) is 12.1 Å². The van der Waals surface area contributed by atoms with Crippen molar-refractivity contribution in [3.05, 3.63) is 67.8 Å². The highest BCUT2D eigenvalue weighted by Gasteiger charge is 2.13. The van der Waals surface area contributed by atoms with Crippen molar-refractivity contribution in [2.45, 2.75) is 13.8 Å². The van der Waals surface area contributed by atoms with E-state index in [1.54, 1.807) is 38.1 Å². The number of benzene rings is 2. The number of hydrogen-bond acceptors (Lipinski definition) is 6. The second-order valence-corrected chi connectivity index (χ2v) is 5.15. The van der Waals surface area contributed by atoms with Crippen LogP contribution in [0.2, 0.25) is 0 Å². The van der Waals surface area contributed by atoms with Crippen LogP contribution >= 0.6 is 0 Å². The van der Waals surface area contributed by atoms with Gasteiger partial charge >= 0.3 is 0 Å². The van der Waals surface area contributed by atoms with E-state index in [0.29, 0.717) is 22.5 Å². The van der Waals surface area contributed by atoms with Gasteiger partial charge in [-0.05, 0) is 26.0 Å². The fourth-order valence-electron chi connectivity index (χ4n) is 1.92. The normalized spacial score (nSPS) is 10.0. The summed E-state index contributed by atoms with van der Waals surface area (Å²) in [6, 6.07) is 9.18. The maximum Gasteiger partial charge on any atom is 0.274 e. The molecule has 0 bridgehead atoms. The first-order valence-corrected chi connectivity index (χ1v) is 7.21. The first-order chi connectivity index (χ1) is 10.9. The number of rotatable bonds is 4. The topological polar surface area (TPSA) is 111 Å². The molecule has 8 nitrogen and oxygen atoms in total. The van der Waals surface area contributed by atoms with Crippen LogP contribution in [0.5, 0.6) is 0 Å². The van der Waals surface area contributed by atoms with Crippen LogP contribution in [0.4, 0.5) is 22.7 Å². The third kappa shape index (κ3) is 3.64. The molecule has 0 aliphatic heterocycles. The molecule has 0 heterocycles. The molecule has 0 atom stereocenters. The Kier molecular flexibility index (Phi) is 4.91. The lowest BCUT2D eigenvalue weighted by molar-refractivity contribution is -0.385. The van der Waals surface area contributed by atoms with Crippen LogP contribution in [0.1, 0.15) is 11.1 Å². The van der Waals surface area contributed by atoms with E-state index in [9.17, 15) is 20.2 Å². The minimum Gasteiger partial charge on any atom is -0.258 e. The molecular weight excluding hydrogens is 320 g/mol. The summed E-state index contributed by atoms with van der Waals surface area (Å²) in [7, 11) is 0. The van der Waals surface area contributed by atoms with Crippen molar-refractivity contribution >= 4 is 34.1 Å². The van der Waals surface area contributed by atoms with Gasteiger partial charge in [0.1, 0.15) is 0 Å². The molecule has 0 amide bonds.